The SMILES string of the molecule is CN=C(NCCc1ccc(OC)cc1)NCc1cccc(OCC(=O)NC2CC2)c1. The lowest BCUT2D eigenvalue weighted by molar-refractivity contribution is -0.123. The highest BCUT2D eigenvalue weighted by Gasteiger charge is 2.23. The number of rotatable bonds is 10. The van der Waals surface area contributed by atoms with Gasteiger partial charge in [0.05, 0.1) is 7.11 Å². The summed E-state index contributed by atoms with van der Waals surface area (Å²) in [6, 6.07) is 16.1. The molecule has 160 valence electrons. The summed E-state index contributed by atoms with van der Waals surface area (Å²) in [5.74, 6) is 2.21. The number of amides is 1. The standard InChI is InChI=1S/C23H30N4O3/c1-24-23(25-13-12-17-6-10-20(29-2)11-7-17)26-15-18-4-3-5-21(14-18)30-16-22(28)27-19-8-9-19/h3-7,10-11,14,19H,8-9,12-13,15-16H2,1-2H3,(H,27,28)(H2,24,25,26). The Morgan fingerprint density at radius 3 is 2.57 bits per heavy atom. The first-order valence-electron chi connectivity index (χ1n) is 10.2. The van der Waals surface area contributed by atoms with Crippen molar-refractivity contribution < 1.29 is 14.3 Å². The number of ether oxygens (including phenoxy) is 2. The lowest BCUT2D eigenvalue weighted by Gasteiger charge is -2.13. The molecule has 0 unspecified atom stereocenters. The van der Waals surface area contributed by atoms with Crippen LogP contribution in [0.15, 0.2) is 53.5 Å². The van der Waals surface area contributed by atoms with Crippen LogP contribution in [0.1, 0.15) is 24.0 Å². The molecule has 0 spiro atoms. The average Bonchev–Trinajstić information content (AvgIpc) is 3.59. The number of carbonyl (C=O) groups is 1. The van der Waals surface area contributed by atoms with E-state index in [0.29, 0.717) is 18.3 Å². The van der Waals surface area contributed by atoms with Crippen LogP contribution in [0.25, 0.3) is 0 Å². The molecular weight excluding hydrogens is 380 g/mol. The van der Waals surface area contributed by atoms with Crippen molar-refractivity contribution in [3.63, 3.8) is 0 Å². The van der Waals surface area contributed by atoms with Crippen LogP contribution >= 0.6 is 0 Å². The third-order valence-electron chi connectivity index (χ3n) is 4.76. The van der Waals surface area contributed by atoms with Crippen LogP contribution in [0.4, 0.5) is 0 Å². The fraction of sp³-hybridized carbons (Fsp3) is 0.391. The zero-order chi connectivity index (χ0) is 21.2. The van der Waals surface area contributed by atoms with E-state index in [1.54, 1.807) is 14.2 Å². The molecule has 1 aliphatic rings. The predicted molar refractivity (Wildman–Crippen MR) is 118 cm³/mol. The number of hydrogen-bond donors (Lipinski definition) is 3. The molecular formula is C23H30N4O3. The summed E-state index contributed by atoms with van der Waals surface area (Å²) < 4.78 is 10.8. The molecule has 0 aliphatic heterocycles. The van der Waals surface area contributed by atoms with Gasteiger partial charge in [-0.15, -0.1) is 0 Å². The van der Waals surface area contributed by atoms with E-state index in [2.05, 4.69) is 33.1 Å². The molecule has 0 heterocycles. The van der Waals surface area contributed by atoms with Crippen molar-refractivity contribution >= 4 is 11.9 Å². The number of methoxy groups -OCH3 is 1. The van der Waals surface area contributed by atoms with E-state index >= 15 is 0 Å². The fourth-order valence-electron chi connectivity index (χ4n) is 2.91. The first-order chi connectivity index (χ1) is 14.7. The number of carbonyl (C=O) groups excluding carboxylic acids is 1. The molecule has 1 fully saturated rings. The minimum atomic E-state index is -0.0671. The van der Waals surface area contributed by atoms with Crippen molar-refractivity contribution in [2.75, 3.05) is 27.3 Å². The van der Waals surface area contributed by atoms with Crippen molar-refractivity contribution in [2.45, 2.75) is 31.8 Å². The van der Waals surface area contributed by atoms with Crippen LogP contribution in [0.2, 0.25) is 0 Å². The Morgan fingerprint density at radius 2 is 1.87 bits per heavy atom. The van der Waals surface area contributed by atoms with Crippen LogP contribution in [-0.2, 0) is 17.8 Å². The Morgan fingerprint density at radius 1 is 1.07 bits per heavy atom. The Labute approximate surface area is 177 Å². The zero-order valence-corrected chi connectivity index (χ0v) is 17.6. The molecule has 0 saturated heterocycles. The van der Waals surface area contributed by atoms with E-state index in [1.807, 2.05) is 36.4 Å². The summed E-state index contributed by atoms with van der Waals surface area (Å²) in [4.78, 5) is 16.0. The van der Waals surface area contributed by atoms with Crippen molar-refractivity contribution in [1.29, 1.82) is 0 Å². The molecule has 0 atom stereocenters. The maximum absolute atomic E-state index is 11.8. The van der Waals surface area contributed by atoms with Gasteiger partial charge < -0.3 is 25.4 Å². The minimum Gasteiger partial charge on any atom is -0.497 e. The van der Waals surface area contributed by atoms with Crippen LogP contribution in [0.3, 0.4) is 0 Å². The maximum Gasteiger partial charge on any atom is 0.258 e. The first kappa shape index (κ1) is 21.5. The quantitative estimate of drug-likeness (QED) is 0.413. The van der Waals surface area contributed by atoms with Gasteiger partial charge in [0, 0.05) is 26.2 Å². The first-order valence-corrected chi connectivity index (χ1v) is 10.2. The van der Waals surface area contributed by atoms with Gasteiger partial charge in [-0.1, -0.05) is 24.3 Å². The molecule has 7 nitrogen and oxygen atoms in total. The monoisotopic (exact) mass is 410 g/mol. The number of hydrogen-bond acceptors (Lipinski definition) is 4. The van der Waals surface area contributed by atoms with Gasteiger partial charge >= 0.3 is 0 Å². The molecule has 1 aliphatic carbocycles. The Kier molecular flexibility index (Phi) is 7.94. The number of benzene rings is 2. The molecule has 1 saturated carbocycles. The molecule has 0 bridgehead atoms. The molecule has 3 rings (SSSR count). The molecule has 0 radical (unpaired) electrons. The highest BCUT2D eigenvalue weighted by Crippen LogP contribution is 2.18. The van der Waals surface area contributed by atoms with Crippen LogP contribution in [0.5, 0.6) is 11.5 Å². The van der Waals surface area contributed by atoms with Crippen molar-refractivity contribution in [3.8, 4) is 11.5 Å². The largest absolute Gasteiger partial charge is 0.497 e. The van der Waals surface area contributed by atoms with E-state index in [9.17, 15) is 4.79 Å². The Hall–Kier alpha value is -3.22. The second kappa shape index (κ2) is 11.1. The van der Waals surface area contributed by atoms with Gasteiger partial charge in [-0.05, 0) is 54.7 Å². The third kappa shape index (κ3) is 7.31. The summed E-state index contributed by atoms with van der Waals surface area (Å²) in [5.41, 5.74) is 2.28. The smallest absolute Gasteiger partial charge is 0.258 e. The van der Waals surface area contributed by atoms with Crippen LogP contribution in [0, 0.1) is 0 Å². The van der Waals surface area contributed by atoms with Gasteiger partial charge in [0.25, 0.3) is 5.91 Å². The molecule has 0 aromatic heterocycles. The van der Waals surface area contributed by atoms with Gasteiger partial charge in [0.15, 0.2) is 12.6 Å². The summed E-state index contributed by atoms with van der Waals surface area (Å²) in [6.07, 6.45) is 3.03. The highest BCUT2D eigenvalue weighted by molar-refractivity contribution is 5.79. The lowest BCUT2D eigenvalue weighted by atomic mass is 10.1. The minimum absolute atomic E-state index is 0.0436. The summed E-state index contributed by atoms with van der Waals surface area (Å²) in [7, 11) is 3.42. The number of nitrogens with zero attached hydrogens (tertiary/aromatic N) is 1. The Bertz CT molecular complexity index is 848. The van der Waals surface area contributed by atoms with Crippen molar-refractivity contribution in [3.05, 3.63) is 59.7 Å². The zero-order valence-electron chi connectivity index (χ0n) is 17.6. The van der Waals surface area contributed by atoms with E-state index in [4.69, 9.17) is 9.47 Å². The van der Waals surface area contributed by atoms with E-state index in [0.717, 1.165) is 43.1 Å². The van der Waals surface area contributed by atoms with E-state index in [1.165, 1.54) is 5.56 Å². The van der Waals surface area contributed by atoms with E-state index in [-0.39, 0.29) is 12.5 Å². The van der Waals surface area contributed by atoms with Gasteiger partial charge in [0.2, 0.25) is 0 Å². The number of guanidine groups is 1. The average molecular weight is 411 g/mol. The van der Waals surface area contributed by atoms with Gasteiger partial charge in [-0.2, -0.15) is 0 Å². The summed E-state index contributed by atoms with van der Waals surface area (Å²) in [5, 5.41) is 9.54. The number of nitrogens with one attached hydrogen (secondary N) is 3. The third-order valence-corrected chi connectivity index (χ3v) is 4.76. The Balaban J connectivity index is 1.39. The predicted octanol–water partition coefficient (Wildman–Crippen LogP) is 2.26. The van der Waals surface area contributed by atoms with Gasteiger partial charge in [-0.25, -0.2) is 0 Å². The number of aliphatic imine (C=N–C) groups is 1. The molecule has 1 amide bonds. The maximum atomic E-state index is 11.8. The molecule has 30 heavy (non-hydrogen) atoms. The normalized spacial score (nSPS) is 13.5. The van der Waals surface area contributed by atoms with E-state index < -0.39 is 0 Å². The van der Waals surface area contributed by atoms with Crippen molar-refractivity contribution in [2.24, 2.45) is 4.99 Å². The molecule has 7 heteroatoms. The molecule has 3 N–H and O–H groups in total. The van der Waals surface area contributed by atoms with Crippen molar-refractivity contribution in [1.82, 2.24) is 16.0 Å². The van der Waals surface area contributed by atoms with Crippen LogP contribution in [-0.4, -0.2) is 45.2 Å². The van der Waals surface area contributed by atoms with Gasteiger partial charge in [-0.3, -0.25) is 9.79 Å². The molecule has 2 aromatic carbocycles. The fourth-order valence-corrected chi connectivity index (χ4v) is 2.91. The second-order valence-corrected chi connectivity index (χ2v) is 7.23. The lowest BCUT2D eigenvalue weighted by Crippen LogP contribution is -2.37. The van der Waals surface area contributed by atoms with Crippen LogP contribution < -0.4 is 25.4 Å². The topological polar surface area (TPSA) is 84.0 Å². The van der Waals surface area contributed by atoms with Gasteiger partial charge in [0.1, 0.15) is 11.5 Å². The molecule has 2 aromatic rings. The summed E-state index contributed by atoms with van der Waals surface area (Å²) in [6.45, 7) is 1.42. The highest BCUT2D eigenvalue weighted by atomic mass is 16.5. The summed E-state index contributed by atoms with van der Waals surface area (Å²) >= 11 is 0. The second-order valence-electron chi connectivity index (χ2n) is 7.23.